The number of nitrogens with zero attached hydrogens (tertiary/aromatic N) is 1. The van der Waals surface area contributed by atoms with E-state index in [4.69, 9.17) is 22.1 Å². The standard InChI is InChI=1S/C13H18BrClN2O3S.ClH/c1-13(7-16)3-4-17(8-13)21(18,19)12-6-10(15)11(20-2)5-9(12)14;/h5-6H,3-4,7-8,16H2,1-2H3;1H. The molecule has 2 N–H and O–H groups in total. The number of halogens is 3. The summed E-state index contributed by atoms with van der Waals surface area (Å²) in [6.45, 7) is 3.34. The van der Waals surface area contributed by atoms with Crippen LogP contribution in [0.5, 0.6) is 5.75 Å². The van der Waals surface area contributed by atoms with Crippen LogP contribution >= 0.6 is 39.9 Å². The summed E-state index contributed by atoms with van der Waals surface area (Å²) < 4.78 is 32.5. The van der Waals surface area contributed by atoms with E-state index in [2.05, 4.69) is 15.9 Å². The summed E-state index contributed by atoms with van der Waals surface area (Å²) in [5.41, 5.74) is 5.56. The molecule has 0 aromatic heterocycles. The van der Waals surface area contributed by atoms with E-state index in [0.29, 0.717) is 29.9 Å². The minimum absolute atomic E-state index is 0. The fourth-order valence-corrected chi connectivity index (χ4v) is 5.26. The lowest BCUT2D eigenvalue weighted by Gasteiger charge is -2.23. The number of hydrogen-bond donors (Lipinski definition) is 1. The zero-order valence-electron chi connectivity index (χ0n) is 12.3. The van der Waals surface area contributed by atoms with Gasteiger partial charge in [-0.2, -0.15) is 4.31 Å². The van der Waals surface area contributed by atoms with Crippen molar-refractivity contribution >= 4 is 50.0 Å². The van der Waals surface area contributed by atoms with Crippen LogP contribution in [0.1, 0.15) is 13.3 Å². The van der Waals surface area contributed by atoms with Crippen LogP contribution in [0.15, 0.2) is 21.5 Å². The molecule has 1 aliphatic rings. The molecule has 1 aromatic carbocycles. The highest BCUT2D eigenvalue weighted by Crippen LogP contribution is 2.38. The Labute approximate surface area is 150 Å². The molecule has 9 heteroatoms. The Morgan fingerprint density at radius 3 is 2.64 bits per heavy atom. The third kappa shape index (κ3) is 3.71. The molecule has 1 fully saturated rings. The number of hydrogen-bond acceptors (Lipinski definition) is 4. The molecule has 126 valence electrons. The third-order valence-electron chi connectivity index (χ3n) is 3.84. The molecule has 0 saturated carbocycles. The van der Waals surface area contributed by atoms with Crippen molar-refractivity contribution in [1.29, 1.82) is 0 Å². The second kappa shape index (κ2) is 7.23. The zero-order chi connectivity index (χ0) is 15.8. The van der Waals surface area contributed by atoms with Crippen LogP contribution in [0.25, 0.3) is 0 Å². The summed E-state index contributed by atoms with van der Waals surface area (Å²) in [5, 5.41) is 0.264. The van der Waals surface area contributed by atoms with Crippen molar-refractivity contribution in [2.24, 2.45) is 11.1 Å². The molecule has 1 saturated heterocycles. The molecule has 2 rings (SSSR count). The maximum Gasteiger partial charge on any atom is 0.244 e. The number of sulfonamides is 1. The van der Waals surface area contributed by atoms with E-state index in [1.165, 1.54) is 17.5 Å². The smallest absolute Gasteiger partial charge is 0.244 e. The Morgan fingerprint density at radius 1 is 1.50 bits per heavy atom. The largest absolute Gasteiger partial charge is 0.495 e. The van der Waals surface area contributed by atoms with Gasteiger partial charge >= 0.3 is 0 Å². The van der Waals surface area contributed by atoms with Gasteiger partial charge in [-0.1, -0.05) is 18.5 Å². The van der Waals surface area contributed by atoms with E-state index >= 15 is 0 Å². The van der Waals surface area contributed by atoms with Gasteiger partial charge in [-0.15, -0.1) is 12.4 Å². The van der Waals surface area contributed by atoms with Gasteiger partial charge in [0.2, 0.25) is 10.0 Å². The Kier molecular flexibility index (Phi) is 6.58. The summed E-state index contributed by atoms with van der Waals surface area (Å²) >= 11 is 9.33. The first-order valence-corrected chi connectivity index (χ1v) is 9.08. The average Bonchev–Trinajstić information content (AvgIpc) is 2.85. The molecule has 1 heterocycles. The molecule has 0 aliphatic carbocycles. The molecule has 0 amide bonds. The Hall–Kier alpha value is -0.0500. The molecule has 1 aliphatic heterocycles. The summed E-state index contributed by atoms with van der Waals surface area (Å²) in [6, 6.07) is 2.98. The Bertz CT molecular complexity index is 657. The van der Waals surface area contributed by atoms with Gasteiger partial charge in [0, 0.05) is 17.6 Å². The van der Waals surface area contributed by atoms with Gasteiger partial charge in [-0.3, -0.25) is 0 Å². The lowest BCUT2D eigenvalue weighted by Crippen LogP contribution is -2.34. The zero-order valence-corrected chi connectivity index (χ0v) is 16.3. The van der Waals surface area contributed by atoms with E-state index in [9.17, 15) is 8.42 Å². The molecule has 22 heavy (non-hydrogen) atoms. The van der Waals surface area contributed by atoms with Crippen LogP contribution in [-0.2, 0) is 10.0 Å². The molecule has 1 atom stereocenters. The van der Waals surface area contributed by atoms with Crippen molar-refractivity contribution in [3.8, 4) is 5.75 Å². The van der Waals surface area contributed by atoms with Crippen molar-refractivity contribution in [2.45, 2.75) is 18.2 Å². The topological polar surface area (TPSA) is 72.6 Å². The molecule has 0 bridgehead atoms. The normalized spacial score (nSPS) is 22.4. The van der Waals surface area contributed by atoms with Crippen LogP contribution in [0, 0.1) is 5.41 Å². The second-order valence-corrected chi connectivity index (χ2v) is 8.69. The highest BCUT2D eigenvalue weighted by Gasteiger charge is 2.39. The first kappa shape index (κ1) is 20.0. The Balaban J connectivity index is 0.00000242. The average molecular weight is 434 g/mol. The number of methoxy groups -OCH3 is 1. The van der Waals surface area contributed by atoms with Crippen LogP contribution in [0.3, 0.4) is 0 Å². The van der Waals surface area contributed by atoms with E-state index in [-0.39, 0.29) is 27.7 Å². The van der Waals surface area contributed by atoms with Gasteiger partial charge in [0.15, 0.2) is 0 Å². The van der Waals surface area contributed by atoms with Crippen LogP contribution in [0.4, 0.5) is 0 Å². The van der Waals surface area contributed by atoms with Crippen molar-refractivity contribution in [2.75, 3.05) is 26.7 Å². The first-order chi connectivity index (χ1) is 9.73. The molecule has 0 radical (unpaired) electrons. The lowest BCUT2D eigenvalue weighted by atomic mass is 9.90. The number of nitrogens with two attached hydrogens (primary N) is 1. The number of ether oxygens (including phenoxy) is 1. The minimum atomic E-state index is -3.61. The highest BCUT2D eigenvalue weighted by molar-refractivity contribution is 9.10. The molecule has 5 nitrogen and oxygen atoms in total. The van der Waals surface area contributed by atoms with Crippen molar-refractivity contribution < 1.29 is 13.2 Å². The van der Waals surface area contributed by atoms with E-state index in [1.807, 2.05) is 6.92 Å². The summed E-state index contributed by atoms with van der Waals surface area (Å²) in [4.78, 5) is 0.148. The summed E-state index contributed by atoms with van der Waals surface area (Å²) in [5.74, 6) is 0.427. The second-order valence-electron chi connectivity index (χ2n) is 5.52. The predicted molar refractivity (Wildman–Crippen MR) is 93.5 cm³/mol. The summed E-state index contributed by atoms with van der Waals surface area (Å²) in [7, 11) is -2.13. The third-order valence-corrected chi connectivity index (χ3v) is 6.94. The van der Waals surface area contributed by atoms with Crippen LogP contribution in [-0.4, -0.2) is 39.5 Å². The van der Waals surface area contributed by atoms with Gasteiger partial charge in [0.25, 0.3) is 0 Å². The Morgan fingerprint density at radius 2 is 2.14 bits per heavy atom. The van der Waals surface area contributed by atoms with Crippen LogP contribution < -0.4 is 10.5 Å². The maximum absolute atomic E-state index is 12.8. The van der Waals surface area contributed by atoms with Crippen molar-refractivity contribution in [3.63, 3.8) is 0 Å². The molecule has 0 spiro atoms. The van der Waals surface area contributed by atoms with Gasteiger partial charge < -0.3 is 10.5 Å². The van der Waals surface area contributed by atoms with Gasteiger partial charge in [0.1, 0.15) is 5.75 Å². The maximum atomic E-state index is 12.8. The van der Waals surface area contributed by atoms with Gasteiger partial charge in [0.05, 0.1) is 17.0 Å². The highest BCUT2D eigenvalue weighted by atomic mass is 79.9. The van der Waals surface area contributed by atoms with Crippen LogP contribution in [0.2, 0.25) is 5.02 Å². The monoisotopic (exact) mass is 432 g/mol. The fourth-order valence-electron chi connectivity index (χ4n) is 2.35. The van der Waals surface area contributed by atoms with Crippen molar-refractivity contribution in [3.05, 3.63) is 21.6 Å². The minimum Gasteiger partial charge on any atom is -0.495 e. The number of rotatable bonds is 4. The van der Waals surface area contributed by atoms with Crippen molar-refractivity contribution in [1.82, 2.24) is 4.31 Å². The van der Waals surface area contributed by atoms with E-state index < -0.39 is 10.0 Å². The number of benzene rings is 1. The SMILES string of the molecule is COc1cc(Br)c(S(=O)(=O)N2CCC(C)(CN)C2)cc1Cl.Cl. The molecular formula is C13H19BrCl2N2O3S. The predicted octanol–water partition coefficient (Wildman–Crippen LogP) is 2.89. The molecular weight excluding hydrogens is 415 g/mol. The fraction of sp³-hybridized carbons (Fsp3) is 0.538. The summed E-state index contributed by atoms with van der Waals surface area (Å²) in [6.07, 6.45) is 0.754. The van der Waals surface area contributed by atoms with Gasteiger partial charge in [-0.05, 0) is 46.4 Å². The molecule has 1 aromatic rings. The van der Waals surface area contributed by atoms with Gasteiger partial charge in [-0.25, -0.2) is 8.42 Å². The quantitative estimate of drug-likeness (QED) is 0.792. The molecule has 1 unspecified atom stereocenters. The van der Waals surface area contributed by atoms with E-state index in [0.717, 1.165) is 6.42 Å². The lowest BCUT2D eigenvalue weighted by molar-refractivity contribution is 0.349. The van der Waals surface area contributed by atoms with E-state index in [1.54, 1.807) is 6.07 Å². The first-order valence-electron chi connectivity index (χ1n) is 6.47.